The first-order valence-electron chi connectivity index (χ1n) is 8.24. The molecule has 138 valence electrons. The third-order valence-electron chi connectivity index (χ3n) is 4.26. The molecule has 4 rings (SSSR count). The summed E-state index contributed by atoms with van der Waals surface area (Å²) in [6.45, 7) is 1.50. The first-order valence-corrected chi connectivity index (χ1v) is 9.12. The van der Waals surface area contributed by atoms with Crippen LogP contribution in [0.1, 0.15) is 33.5 Å². The van der Waals surface area contributed by atoms with Crippen LogP contribution in [0.25, 0.3) is 10.6 Å². The van der Waals surface area contributed by atoms with Gasteiger partial charge in [-0.25, -0.2) is 0 Å². The van der Waals surface area contributed by atoms with Crippen molar-refractivity contribution in [1.29, 1.82) is 0 Å². The summed E-state index contributed by atoms with van der Waals surface area (Å²) in [7, 11) is 0. The van der Waals surface area contributed by atoms with Gasteiger partial charge in [0.25, 0.3) is 11.5 Å². The maximum absolute atomic E-state index is 12.9. The van der Waals surface area contributed by atoms with Crippen LogP contribution in [0.2, 0.25) is 0 Å². The highest BCUT2D eigenvalue weighted by molar-refractivity contribution is 7.14. The highest BCUT2D eigenvalue weighted by Crippen LogP contribution is 2.18. The van der Waals surface area contributed by atoms with Gasteiger partial charge in [-0.1, -0.05) is 16.0 Å². The average Bonchev–Trinajstić information content (AvgIpc) is 3.30. The quantitative estimate of drug-likeness (QED) is 0.225. The summed E-state index contributed by atoms with van der Waals surface area (Å²) < 4.78 is 3.31. The van der Waals surface area contributed by atoms with Gasteiger partial charge in [-0.3, -0.25) is 19.7 Å². The molecule has 0 saturated carbocycles. The molecule has 4 aromatic rings. The molecule has 0 radical (unpaired) electrons. The first-order chi connectivity index (χ1) is 13.5. The summed E-state index contributed by atoms with van der Waals surface area (Å²) >= 11 is 1.41. The minimum Gasteiger partial charge on any atom is -0.295 e. The fourth-order valence-electron chi connectivity index (χ4n) is 2.80. The summed E-state index contributed by atoms with van der Waals surface area (Å²) in [6.07, 6.45) is 1.74. The van der Waals surface area contributed by atoms with Crippen molar-refractivity contribution in [2.24, 2.45) is 0 Å². The lowest BCUT2D eigenvalue weighted by atomic mass is 10.1. The number of fused-ring (bicyclic) bond motifs is 1. The molecule has 2 aromatic heterocycles. The number of hydrogen-bond donors (Lipinski definition) is 0. The number of benzene rings is 2. The molecule has 9 heteroatoms. The highest BCUT2D eigenvalue weighted by atomic mass is 32.1. The van der Waals surface area contributed by atoms with Gasteiger partial charge in [0.15, 0.2) is 5.78 Å². The number of non-ortho nitro benzene ring substituents is 1. The standard InChI is InChI=1S/C19H13N4O4S/c1-12(24)13-2-6-15(7-3-13)22-19-21(10-11-28-19)18(20-22)17(25)14-4-8-16(9-5-14)23(26)27/h2-11H,1H3/q+1. The highest BCUT2D eigenvalue weighted by Gasteiger charge is 2.29. The average molecular weight is 393 g/mol. The summed E-state index contributed by atoms with van der Waals surface area (Å²) in [4.78, 5) is 35.4. The van der Waals surface area contributed by atoms with E-state index in [0.717, 1.165) is 4.96 Å². The zero-order valence-electron chi connectivity index (χ0n) is 14.6. The van der Waals surface area contributed by atoms with Crippen LogP contribution in [-0.4, -0.2) is 26.3 Å². The molecule has 0 unspecified atom stereocenters. The molecule has 0 aliphatic carbocycles. The van der Waals surface area contributed by atoms with Crippen molar-refractivity contribution in [1.82, 2.24) is 9.78 Å². The second-order valence-electron chi connectivity index (χ2n) is 6.03. The van der Waals surface area contributed by atoms with Crippen LogP contribution in [0.5, 0.6) is 0 Å². The van der Waals surface area contributed by atoms with Gasteiger partial charge in [0.2, 0.25) is 0 Å². The molecule has 0 amide bonds. The Morgan fingerprint density at radius 2 is 1.71 bits per heavy atom. The summed E-state index contributed by atoms with van der Waals surface area (Å²) in [5.74, 6) is -0.181. The number of rotatable bonds is 5. The second kappa shape index (κ2) is 6.78. The topological polar surface area (TPSA) is 99.2 Å². The largest absolute Gasteiger partial charge is 0.355 e. The molecule has 0 fully saturated rings. The van der Waals surface area contributed by atoms with Crippen LogP contribution >= 0.6 is 11.3 Å². The predicted octanol–water partition coefficient (Wildman–Crippen LogP) is 3.01. The Morgan fingerprint density at radius 3 is 2.32 bits per heavy atom. The number of carbonyl (C=O) groups excluding carboxylic acids is 2. The minimum atomic E-state index is -0.514. The van der Waals surface area contributed by atoms with E-state index < -0.39 is 4.92 Å². The molecule has 0 N–H and O–H groups in total. The number of nitro groups is 1. The predicted molar refractivity (Wildman–Crippen MR) is 101 cm³/mol. The van der Waals surface area contributed by atoms with Crippen molar-refractivity contribution in [3.63, 3.8) is 0 Å². The van der Waals surface area contributed by atoms with Crippen LogP contribution in [0.4, 0.5) is 5.69 Å². The Labute approximate surface area is 162 Å². The Hall–Kier alpha value is -3.72. The van der Waals surface area contributed by atoms with Crippen LogP contribution < -0.4 is 4.40 Å². The molecule has 2 heterocycles. The summed E-state index contributed by atoms with van der Waals surface area (Å²) in [6, 6.07) is 12.4. The smallest absolute Gasteiger partial charge is 0.295 e. The van der Waals surface area contributed by atoms with Gasteiger partial charge in [-0.2, -0.15) is 4.40 Å². The van der Waals surface area contributed by atoms with Crippen LogP contribution in [-0.2, 0) is 0 Å². The molecular weight excluding hydrogens is 380 g/mol. The fourth-order valence-corrected chi connectivity index (χ4v) is 3.61. The minimum absolute atomic E-state index is 0.0308. The monoisotopic (exact) mass is 393 g/mol. The lowest BCUT2D eigenvalue weighted by Crippen LogP contribution is -2.26. The van der Waals surface area contributed by atoms with E-state index in [2.05, 4.69) is 5.10 Å². The number of nitro benzene ring substituents is 1. The van der Waals surface area contributed by atoms with E-state index in [-0.39, 0.29) is 23.1 Å². The van der Waals surface area contributed by atoms with Crippen molar-refractivity contribution in [2.45, 2.75) is 6.92 Å². The fraction of sp³-hybridized carbons (Fsp3) is 0.0526. The number of hydrogen-bond acceptors (Lipinski definition) is 6. The molecule has 8 nitrogen and oxygen atoms in total. The van der Waals surface area contributed by atoms with Crippen molar-refractivity contribution >= 4 is 33.6 Å². The van der Waals surface area contributed by atoms with E-state index in [1.54, 1.807) is 39.5 Å². The molecule has 0 saturated heterocycles. The number of aromatic nitrogens is 3. The first kappa shape index (κ1) is 17.7. The maximum Gasteiger partial charge on any atom is 0.355 e. The SMILES string of the molecule is CC(=O)c1ccc(-n2nc(C(=O)c3ccc([N+](=O)[O-])cc3)[n+]3ccsc23)cc1. The Morgan fingerprint density at radius 1 is 1.07 bits per heavy atom. The van der Waals surface area contributed by atoms with Gasteiger partial charge >= 0.3 is 10.8 Å². The third kappa shape index (κ3) is 2.97. The molecule has 0 aliphatic heterocycles. The third-order valence-corrected chi connectivity index (χ3v) is 5.09. The second-order valence-corrected chi connectivity index (χ2v) is 6.90. The molecule has 0 atom stereocenters. The van der Waals surface area contributed by atoms with Crippen molar-refractivity contribution in [2.75, 3.05) is 0 Å². The van der Waals surface area contributed by atoms with Crippen LogP contribution in [0.15, 0.2) is 60.1 Å². The van der Waals surface area contributed by atoms with Crippen molar-refractivity contribution in [3.05, 3.63) is 87.2 Å². The normalized spacial score (nSPS) is 10.9. The van der Waals surface area contributed by atoms with E-state index in [9.17, 15) is 19.7 Å². The number of nitrogens with zero attached hydrogens (tertiary/aromatic N) is 4. The molecule has 0 bridgehead atoms. The van der Waals surface area contributed by atoms with Gasteiger partial charge in [-0.15, -0.1) is 0 Å². The number of Topliss-reactive ketones (excluding diaryl/α,β-unsaturated/α-hetero) is 1. The lowest BCUT2D eigenvalue weighted by molar-refractivity contribution is -0.510. The Bertz CT molecular complexity index is 1220. The van der Waals surface area contributed by atoms with Gasteiger partial charge in [0.1, 0.15) is 5.69 Å². The molecule has 28 heavy (non-hydrogen) atoms. The Kier molecular flexibility index (Phi) is 4.28. The maximum atomic E-state index is 12.9. The van der Waals surface area contributed by atoms with Gasteiger partial charge in [0.05, 0.1) is 16.2 Å². The number of thiazole rings is 1. The molecular formula is C19H13N4O4S+. The summed E-state index contributed by atoms with van der Waals surface area (Å²) in [5.41, 5.74) is 1.53. The van der Waals surface area contributed by atoms with E-state index in [4.69, 9.17) is 0 Å². The Balaban J connectivity index is 1.76. The zero-order chi connectivity index (χ0) is 19.8. The van der Waals surface area contributed by atoms with E-state index >= 15 is 0 Å². The number of ketones is 2. The van der Waals surface area contributed by atoms with E-state index in [1.165, 1.54) is 42.5 Å². The van der Waals surface area contributed by atoms with Crippen molar-refractivity contribution < 1.29 is 18.9 Å². The van der Waals surface area contributed by atoms with Crippen molar-refractivity contribution in [3.8, 4) is 5.69 Å². The number of carbonyl (C=O) groups is 2. The van der Waals surface area contributed by atoms with Gasteiger partial charge < -0.3 is 0 Å². The van der Waals surface area contributed by atoms with Gasteiger partial charge in [-0.05, 0) is 43.3 Å². The van der Waals surface area contributed by atoms with E-state index in [0.29, 0.717) is 16.8 Å². The van der Waals surface area contributed by atoms with Crippen LogP contribution in [0.3, 0.4) is 0 Å². The molecule has 0 aliphatic rings. The molecule has 2 aromatic carbocycles. The van der Waals surface area contributed by atoms with E-state index in [1.807, 2.05) is 5.38 Å². The summed E-state index contributed by atoms with van der Waals surface area (Å²) in [5, 5.41) is 17.1. The lowest BCUT2D eigenvalue weighted by Gasteiger charge is -1.96. The zero-order valence-corrected chi connectivity index (χ0v) is 15.4. The molecule has 0 spiro atoms. The van der Waals surface area contributed by atoms with Crippen LogP contribution in [0, 0.1) is 10.1 Å². The van der Waals surface area contributed by atoms with Gasteiger partial charge in [0, 0.05) is 28.6 Å².